The van der Waals surface area contributed by atoms with Gasteiger partial charge in [-0.05, 0) is 52.3 Å². The number of aliphatic hydroxyl groups is 2. The zero-order chi connectivity index (χ0) is 25.8. The van der Waals surface area contributed by atoms with Crippen LogP contribution in [0.25, 0.3) is 11.3 Å². The molecule has 0 aliphatic carbocycles. The predicted molar refractivity (Wildman–Crippen MR) is 136 cm³/mol. The molecule has 3 aromatic rings. The van der Waals surface area contributed by atoms with Crippen molar-refractivity contribution in [3.8, 4) is 22.8 Å². The van der Waals surface area contributed by atoms with Gasteiger partial charge in [-0.1, -0.05) is 13.8 Å². The first-order valence-corrected chi connectivity index (χ1v) is 13.5. The summed E-state index contributed by atoms with van der Waals surface area (Å²) in [5, 5.41) is 17.8. The number of rotatable bonds is 10. The van der Waals surface area contributed by atoms with Gasteiger partial charge in [-0.25, -0.2) is 18.4 Å². The fourth-order valence-electron chi connectivity index (χ4n) is 2.51. The summed E-state index contributed by atoms with van der Waals surface area (Å²) in [5.41, 5.74) is 1.25. The fraction of sp³-hybridized carbons (Fsp3) is 0.375. The highest BCUT2D eigenvalue weighted by molar-refractivity contribution is 9.10. The van der Waals surface area contributed by atoms with E-state index in [1.54, 1.807) is 30.6 Å². The first kappa shape index (κ1) is 28.6. The summed E-state index contributed by atoms with van der Waals surface area (Å²) in [5.74, 6) is 1.44. The van der Waals surface area contributed by atoms with Crippen molar-refractivity contribution in [2.24, 2.45) is 11.8 Å². The number of sulfone groups is 1. The number of pyridine rings is 3. The Hall–Kier alpha value is -2.60. The number of ether oxygens (including phenoxy) is 2. The molecule has 35 heavy (non-hydrogen) atoms. The molecule has 0 unspecified atom stereocenters. The zero-order valence-corrected chi connectivity index (χ0v) is 22.2. The van der Waals surface area contributed by atoms with Gasteiger partial charge < -0.3 is 19.7 Å². The molecule has 11 heteroatoms. The summed E-state index contributed by atoms with van der Waals surface area (Å²) in [6.07, 6.45) is 5.89. The highest BCUT2D eigenvalue weighted by atomic mass is 79.9. The molecule has 0 amide bonds. The number of nitrogens with zero attached hydrogens (tertiary/aromatic N) is 3. The molecule has 3 heterocycles. The van der Waals surface area contributed by atoms with Crippen molar-refractivity contribution in [1.29, 1.82) is 0 Å². The van der Waals surface area contributed by atoms with E-state index in [1.165, 1.54) is 12.3 Å². The molecule has 0 fully saturated rings. The van der Waals surface area contributed by atoms with Crippen LogP contribution < -0.4 is 9.47 Å². The van der Waals surface area contributed by atoms with Crippen molar-refractivity contribution < 1.29 is 28.1 Å². The Labute approximate surface area is 214 Å². The van der Waals surface area contributed by atoms with E-state index in [-0.39, 0.29) is 30.1 Å². The second-order valence-corrected chi connectivity index (χ2v) is 10.7. The van der Waals surface area contributed by atoms with E-state index in [9.17, 15) is 8.42 Å². The summed E-state index contributed by atoms with van der Waals surface area (Å²) in [6, 6.07) is 10.3. The van der Waals surface area contributed by atoms with Gasteiger partial charge in [-0.2, -0.15) is 0 Å². The van der Waals surface area contributed by atoms with Gasteiger partial charge in [0.15, 0.2) is 20.6 Å². The Morgan fingerprint density at radius 2 is 1.46 bits per heavy atom. The second-order valence-electron chi connectivity index (χ2n) is 8.00. The normalized spacial score (nSPS) is 12.7. The van der Waals surface area contributed by atoms with Crippen LogP contribution >= 0.6 is 15.9 Å². The smallest absolute Gasteiger partial charge is 0.192 e. The lowest BCUT2D eigenvalue weighted by atomic mass is 10.1. The lowest BCUT2D eigenvalue weighted by Gasteiger charge is -2.13. The average molecular weight is 568 g/mol. The quantitative estimate of drug-likeness (QED) is 0.353. The predicted octanol–water partition coefficient (Wildman–Crippen LogP) is 3.41. The van der Waals surface area contributed by atoms with Crippen molar-refractivity contribution in [2.45, 2.75) is 18.9 Å². The largest absolute Gasteiger partial charge is 0.491 e. The SMILES string of the molecule is C[C@@H](CO)COc1cccnc1-c1ccc(S(C)(=O)=O)nc1.C[C@@H](CO)COc1cccnc1Br. The number of hydrogen-bond acceptors (Lipinski definition) is 9. The van der Waals surface area contributed by atoms with E-state index in [0.29, 0.717) is 40.6 Å². The van der Waals surface area contributed by atoms with Crippen LogP contribution in [0.15, 0.2) is 64.6 Å². The molecule has 190 valence electrons. The van der Waals surface area contributed by atoms with Crippen LogP contribution in [0.3, 0.4) is 0 Å². The maximum absolute atomic E-state index is 11.4. The summed E-state index contributed by atoms with van der Waals surface area (Å²) < 4.78 is 34.7. The minimum absolute atomic E-state index is 0.0128. The van der Waals surface area contributed by atoms with E-state index >= 15 is 0 Å². The van der Waals surface area contributed by atoms with Crippen LogP contribution in [-0.2, 0) is 9.84 Å². The first-order valence-electron chi connectivity index (χ1n) is 10.8. The summed E-state index contributed by atoms with van der Waals surface area (Å²) in [6.45, 7) is 4.84. The Balaban J connectivity index is 0.000000283. The third kappa shape index (κ3) is 9.52. The van der Waals surface area contributed by atoms with Crippen LogP contribution in [-0.4, -0.2) is 66.3 Å². The zero-order valence-electron chi connectivity index (χ0n) is 19.8. The van der Waals surface area contributed by atoms with Crippen LogP contribution in [0.4, 0.5) is 0 Å². The molecule has 2 atom stereocenters. The van der Waals surface area contributed by atoms with Gasteiger partial charge in [0.1, 0.15) is 16.0 Å². The monoisotopic (exact) mass is 567 g/mol. The van der Waals surface area contributed by atoms with Gasteiger partial charge >= 0.3 is 0 Å². The van der Waals surface area contributed by atoms with Crippen molar-refractivity contribution in [2.75, 3.05) is 32.7 Å². The van der Waals surface area contributed by atoms with Crippen LogP contribution in [0, 0.1) is 11.8 Å². The van der Waals surface area contributed by atoms with Gasteiger partial charge in [0.05, 0.1) is 13.2 Å². The van der Waals surface area contributed by atoms with E-state index in [0.717, 1.165) is 6.26 Å². The second kappa shape index (κ2) is 14.1. The van der Waals surface area contributed by atoms with Gasteiger partial charge in [-0.3, -0.25) is 4.98 Å². The van der Waals surface area contributed by atoms with Gasteiger partial charge in [-0.15, -0.1) is 0 Å². The van der Waals surface area contributed by atoms with Crippen molar-refractivity contribution in [3.05, 3.63) is 59.6 Å². The summed E-state index contributed by atoms with van der Waals surface area (Å²) >= 11 is 3.27. The first-order chi connectivity index (χ1) is 16.7. The molecule has 0 spiro atoms. The third-order valence-electron chi connectivity index (χ3n) is 4.56. The molecule has 0 saturated heterocycles. The molecule has 0 aliphatic rings. The minimum atomic E-state index is -3.33. The lowest BCUT2D eigenvalue weighted by Crippen LogP contribution is -2.12. The van der Waals surface area contributed by atoms with E-state index in [4.69, 9.17) is 19.7 Å². The Kier molecular flexibility index (Phi) is 11.5. The Bertz CT molecular complexity index is 1160. The molecule has 3 rings (SSSR count). The standard InChI is InChI=1S/C15H18N2O4S.C9H12BrNO2/c1-11(9-18)10-21-13-4-3-7-16-15(13)12-5-6-14(17-8-12)22(2,19)20;1-7(5-12)6-13-8-3-2-4-11-9(8)10/h3-8,11,18H,9-10H2,1-2H3;2-4,7,12H,5-6H2,1H3/t11-;7-/m00/s1. The number of aliphatic hydroxyl groups excluding tert-OH is 2. The van der Waals surface area contributed by atoms with Crippen molar-refractivity contribution in [1.82, 2.24) is 15.0 Å². The Morgan fingerprint density at radius 1 is 0.886 bits per heavy atom. The highest BCUT2D eigenvalue weighted by Crippen LogP contribution is 2.27. The summed E-state index contributed by atoms with van der Waals surface area (Å²) in [7, 11) is -3.33. The molecule has 0 bridgehead atoms. The highest BCUT2D eigenvalue weighted by Gasteiger charge is 2.13. The van der Waals surface area contributed by atoms with Crippen molar-refractivity contribution >= 4 is 25.8 Å². The van der Waals surface area contributed by atoms with E-state index in [2.05, 4.69) is 30.9 Å². The number of aromatic nitrogens is 3. The lowest BCUT2D eigenvalue weighted by molar-refractivity contribution is 0.173. The molecule has 0 saturated carbocycles. The average Bonchev–Trinajstić information content (AvgIpc) is 2.86. The topological polar surface area (TPSA) is 132 Å². The maximum Gasteiger partial charge on any atom is 0.192 e. The molecular weight excluding hydrogens is 538 g/mol. The van der Waals surface area contributed by atoms with Crippen LogP contribution in [0.1, 0.15) is 13.8 Å². The number of hydrogen-bond donors (Lipinski definition) is 2. The molecule has 0 radical (unpaired) electrons. The van der Waals surface area contributed by atoms with E-state index < -0.39 is 9.84 Å². The van der Waals surface area contributed by atoms with Crippen LogP contribution in [0.2, 0.25) is 0 Å². The van der Waals surface area contributed by atoms with E-state index in [1.807, 2.05) is 26.0 Å². The molecule has 3 aromatic heterocycles. The summed E-state index contributed by atoms with van der Waals surface area (Å²) in [4.78, 5) is 12.2. The third-order valence-corrected chi connectivity index (χ3v) is 6.15. The number of halogens is 1. The molecule has 0 aliphatic heterocycles. The molecule has 2 N–H and O–H groups in total. The van der Waals surface area contributed by atoms with Gasteiger partial charge in [0.25, 0.3) is 0 Å². The van der Waals surface area contributed by atoms with Crippen molar-refractivity contribution in [3.63, 3.8) is 0 Å². The molecule has 9 nitrogen and oxygen atoms in total. The fourth-order valence-corrected chi connectivity index (χ4v) is 3.44. The Morgan fingerprint density at radius 3 is 1.97 bits per heavy atom. The van der Waals surface area contributed by atoms with Crippen LogP contribution in [0.5, 0.6) is 11.5 Å². The molecular formula is C24H30BrN3O6S. The van der Waals surface area contributed by atoms with Gasteiger partial charge in [0, 0.05) is 55.5 Å². The van der Waals surface area contributed by atoms with Gasteiger partial charge in [0.2, 0.25) is 0 Å². The minimum Gasteiger partial charge on any atom is -0.491 e. The molecule has 0 aromatic carbocycles. The maximum atomic E-state index is 11.4.